The average molecular weight is 263 g/mol. The van der Waals surface area contributed by atoms with Crippen LogP contribution in [-0.2, 0) is 6.54 Å². The van der Waals surface area contributed by atoms with Gasteiger partial charge in [-0.2, -0.15) is 0 Å². The van der Waals surface area contributed by atoms with Crippen LogP contribution in [0.3, 0.4) is 0 Å². The topological polar surface area (TPSA) is 51.3 Å². The second-order valence-electron chi connectivity index (χ2n) is 5.44. The summed E-state index contributed by atoms with van der Waals surface area (Å²) in [6.45, 7) is 6.00. The molecule has 1 saturated carbocycles. The first kappa shape index (κ1) is 14.0. The van der Waals surface area contributed by atoms with Crippen molar-refractivity contribution >= 4 is 11.6 Å². The number of aromatic nitrogens is 1. The van der Waals surface area contributed by atoms with E-state index in [-0.39, 0.29) is 5.91 Å². The van der Waals surface area contributed by atoms with E-state index >= 15 is 0 Å². The summed E-state index contributed by atoms with van der Waals surface area (Å²) < 4.78 is 2.00. The maximum absolute atomic E-state index is 12.7. The minimum atomic E-state index is 0.154. The second-order valence-corrected chi connectivity index (χ2v) is 5.44. The maximum Gasteiger partial charge on any atom is 0.270 e. The van der Waals surface area contributed by atoms with E-state index in [1.54, 1.807) is 0 Å². The minimum Gasteiger partial charge on any atom is -0.397 e. The number of amides is 1. The van der Waals surface area contributed by atoms with Crippen molar-refractivity contribution in [2.75, 3.05) is 12.3 Å². The number of hydrogen-bond donors (Lipinski definition) is 1. The van der Waals surface area contributed by atoms with Gasteiger partial charge >= 0.3 is 0 Å². The van der Waals surface area contributed by atoms with E-state index in [1.165, 1.54) is 0 Å². The van der Waals surface area contributed by atoms with Crippen LogP contribution in [0.15, 0.2) is 12.3 Å². The fourth-order valence-corrected chi connectivity index (χ4v) is 2.45. The smallest absolute Gasteiger partial charge is 0.270 e. The Labute approximate surface area is 115 Å². The van der Waals surface area contributed by atoms with Gasteiger partial charge in [-0.1, -0.05) is 20.3 Å². The lowest BCUT2D eigenvalue weighted by molar-refractivity contribution is 0.0729. The Morgan fingerprint density at radius 1 is 1.42 bits per heavy atom. The molecule has 2 rings (SSSR count). The van der Waals surface area contributed by atoms with E-state index in [0.29, 0.717) is 11.7 Å². The summed E-state index contributed by atoms with van der Waals surface area (Å²) in [6, 6.07) is 2.28. The van der Waals surface area contributed by atoms with Crippen LogP contribution in [-0.4, -0.2) is 28.0 Å². The lowest BCUT2D eigenvalue weighted by Crippen LogP contribution is -2.35. The summed E-state index contributed by atoms with van der Waals surface area (Å²) in [7, 11) is 0. The first-order chi connectivity index (χ1) is 9.17. The van der Waals surface area contributed by atoms with Crippen LogP contribution in [0.1, 0.15) is 56.4 Å². The fourth-order valence-electron chi connectivity index (χ4n) is 2.45. The van der Waals surface area contributed by atoms with Crippen molar-refractivity contribution in [2.45, 2.75) is 58.5 Å². The third-order valence-electron chi connectivity index (χ3n) is 3.60. The van der Waals surface area contributed by atoms with Crippen LogP contribution >= 0.6 is 0 Å². The van der Waals surface area contributed by atoms with Crippen LogP contribution in [0.25, 0.3) is 0 Å². The molecule has 0 saturated heterocycles. The standard InChI is InChI=1S/C15H25N3O/c1-3-5-9-18(13-6-7-13)15(19)14-10-12(16)11-17(14)8-4-2/h10-11,13H,3-9,16H2,1-2H3. The summed E-state index contributed by atoms with van der Waals surface area (Å²) in [5.41, 5.74) is 7.28. The molecule has 1 amide bonds. The number of anilines is 1. The number of aryl methyl sites for hydroxylation is 1. The van der Waals surface area contributed by atoms with Crippen LogP contribution in [0, 0.1) is 0 Å². The number of hydrogen-bond acceptors (Lipinski definition) is 2. The second kappa shape index (κ2) is 6.13. The van der Waals surface area contributed by atoms with Crippen LogP contribution < -0.4 is 5.73 Å². The quantitative estimate of drug-likeness (QED) is 0.822. The Hall–Kier alpha value is -1.45. The summed E-state index contributed by atoms with van der Waals surface area (Å²) in [5, 5.41) is 0. The molecule has 0 aliphatic heterocycles. The van der Waals surface area contributed by atoms with Crippen LogP contribution in [0.4, 0.5) is 5.69 Å². The van der Waals surface area contributed by atoms with E-state index < -0.39 is 0 Å². The predicted molar refractivity (Wildman–Crippen MR) is 78.1 cm³/mol. The van der Waals surface area contributed by atoms with Crippen LogP contribution in [0.5, 0.6) is 0 Å². The molecule has 4 heteroatoms. The summed E-state index contributed by atoms with van der Waals surface area (Å²) >= 11 is 0. The Morgan fingerprint density at radius 3 is 2.74 bits per heavy atom. The highest BCUT2D eigenvalue weighted by Gasteiger charge is 2.33. The lowest BCUT2D eigenvalue weighted by Gasteiger charge is -2.23. The number of nitrogens with zero attached hydrogens (tertiary/aromatic N) is 2. The van der Waals surface area contributed by atoms with Crippen molar-refractivity contribution in [3.8, 4) is 0 Å². The molecule has 1 aromatic heterocycles. The van der Waals surface area contributed by atoms with Crippen molar-refractivity contribution in [3.63, 3.8) is 0 Å². The molecule has 0 aromatic carbocycles. The molecule has 106 valence electrons. The van der Waals surface area contributed by atoms with E-state index in [9.17, 15) is 4.79 Å². The zero-order valence-corrected chi connectivity index (χ0v) is 12.1. The number of unbranched alkanes of at least 4 members (excludes halogenated alkanes) is 1. The molecular weight excluding hydrogens is 238 g/mol. The number of carbonyl (C=O) groups excluding carboxylic acids is 1. The highest BCUT2D eigenvalue weighted by Crippen LogP contribution is 2.29. The molecule has 19 heavy (non-hydrogen) atoms. The van der Waals surface area contributed by atoms with E-state index in [0.717, 1.165) is 50.9 Å². The third-order valence-corrected chi connectivity index (χ3v) is 3.60. The van der Waals surface area contributed by atoms with Crippen molar-refractivity contribution in [1.82, 2.24) is 9.47 Å². The first-order valence-electron chi connectivity index (χ1n) is 7.44. The monoisotopic (exact) mass is 263 g/mol. The predicted octanol–water partition coefficient (Wildman–Crippen LogP) is 2.89. The average Bonchev–Trinajstić information content (AvgIpc) is 3.14. The molecule has 1 aliphatic carbocycles. The van der Waals surface area contributed by atoms with Gasteiger partial charge in [-0.15, -0.1) is 0 Å². The Bertz CT molecular complexity index is 435. The Balaban J connectivity index is 2.15. The fraction of sp³-hybridized carbons (Fsp3) is 0.667. The molecule has 1 fully saturated rings. The van der Waals surface area contributed by atoms with Crippen molar-refractivity contribution in [2.24, 2.45) is 0 Å². The molecule has 1 aliphatic rings. The highest BCUT2D eigenvalue weighted by atomic mass is 16.2. The highest BCUT2D eigenvalue weighted by molar-refractivity contribution is 5.94. The van der Waals surface area contributed by atoms with Crippen molar-refractivity contribution in [3.05, 3.63) is 18.0 Å². The summed E-state index contributed by atoms with van der Waals surface area (Å²) in [6.07, 6.45) is 7.38. The van der Waals surface area contributed by atoms with Gasteiger partial charge in [-0.05, 0) is 31.7 Å². The Kier molecular flexibility index (Phi) is 4.51. The molecule has 0 spiro atoms. The van der Waals surface area contributed by atoms with Gasteiger partial charge in [-0.3, -0.25) is 4.79 Å². The van der Waals surface area contributed by atoms with Crippen molar-refractivity contribution in [1.29, 1.82) is 0 Å². The van der Waals surface area contributed by atoms with Gasteiger partial charge < -0.3 is 15.2 Å². The number of carbonyl (C=O) groups is 1. The largest absolute Gasteiger partial charge is 0.397 e. The molecule has 0 radical (unpaired) electrons. The maximum atomic E-state index is 12.7. The van der Waals surface area contributed by atoms with Gasteiger partial charge in [-0.25, -0.2) is 0 Å². The van der Waals surface area contributed by atoms with Gasteiger partial charge in [0.15, 0.2) is 0 Å². The molecule has 4 nitrogen and oxygen atoms in total. The van der Waals surface area contributed by atoms with Crippen molar-refractivity contribution < 1.29 is 4.79 Å². The van der Waals surface area contributed by atoms with Gasteiger partial charge in [0.05, 0.1) is 5.69 Å². The van der Waals surface area contributed by atoms with Gasteiger partial charge in [0.2, 0.25) is 0 Å². The van der Waals surface area contributed by atoms with Gasteiger partial charge in [0, 0.05) is 25.3 Å². The molecular formula is C15H25N3O. The van der Waals surface area contributed by atoms with Crippen LogP contribution in [0.2, 0.25) is 0 Å². The number of nitrogen functional groups attached to an aromatic ring is 1. The lowest BCUT2D eigenvalue weighted by atomic mass is 10.2. The zero-order chi connectivity index (χ0) is 13.8. The number of nitrogens with two attached hydrogens (primary N) is 1. The summed E-state index contributed by atoms with van der Waals surface area (Å²) in [5.74, 6) is 0.154. The first-order valence-corrected chi connectivity index (χ1v) is 7.44. The van der Waals surface area contributed by atoms with Gasteiger partial charge in [0.1, 0.15) is 5.69 Å². The molecule has 1 heterocycles. The van der Waals surface area contributed by atoms with E-state index in [4.69, 9.17) is 5.73 Å². The zero-order valence-electron chi connectivity index (χ0n) is 12.1. The van der Waals surface area contributed by atoms with E-state index in [1.807, 2.05) is 21.7 Å². The molecule has 0 bridgehead atoms. The SMILES string of the molecule is CCCCN(C(=O)c1cc(N)cn1CCC)C1CC1. The Morgan fingerprint density at radius 2 is 2.16 bits per heavy atom. The molecule has 0 unspecified atom stereocenters. The molecule has 2 N–H and O–H groups in total. The number of rotatable bonds is 7. The normalized spacial score (nSPS) is 14.6. The molecule has 1 aromatic rings. The van der Waals surface area contributed by atoms with E-state index in [2.05, 4.69) is 13.8 Å². The van der Waals surface area contributed by atoms with Gasteiger partial charge in [0.25, 0.3) is 5.91 Å². The minimum absolute atomic E-state index is 0.154. The molecule has 0 atom stereocenters. The summed E-state index contributed by atoms with van der Waals surface area (Å²) in [4.78, 5) is 14.7. The third kappa shape index (κ3) is 3.31.